The van der Waals surface area contributed by atoms with Gasteiger partial charge in [0.2, 0.25) is 0 Å². The number of nitrogens with zero attached hydrogens (tertiary/aromatic N) is 3. The van der Waals surface area contributed by atoms with Crippen molar-refractivity contribution in [1.82, 2.24) is 14.7 Å². The average Bonchev–Trinajstić information content (AvgIpc) is 2.76. The molecule has 4 rings (SSSR count). The summed E-state index contributed by atoms with van der Waals surface area (Å²) in [7, 11) is 2.19. The summed E-state index contributed by atoms with van der Waals surface area (Å²) in [4.78, 5) is 19.5. The maximum absolute atomic E-state index is 12.6. The SMILES string of the molecule is CN1CCN(C2CCN(C(=O)Nc3ccc(Oc4ccccc4)cc3)CC2)CC1. The second-order valence-corrected chi connectivity index (χ2v) is 7.93. The van der Waals surface area contributed by atoms with Gasteiger partial charge in [0.1, 0.15) is 11.5 Å². The molecule has 1 N–H and O–H groups in total. The zero-order chi connectivity index (χ0) is 20.1. The Morgan fingerprint density at radius 2 is 1.48 bits per heavy atom. The molecule has 0 bridgehead atoms. The van der Waals surface area contributed by atoms with Gasteiger partial charge in [-0.2, -0.15) is 0 Å². The summed E-state index contributed by atoms with van der Waals surface area (Å²) in [5.41, 5.74) is 0.789. The average molecular weight is 395 g/mol. The number of rotatable bonds is 4. The molecule has 0 aliphatic carbocycles. The second kappa shape index (κ2) is 9.29. The van der Waals surface area contributed by atoms with Crippen LogP contribution in [0.2, 0.25) is 0 Å². The Labute approximate surface area is 173 Å². The number of ether oxygens (including phenoxy) is 1. The van der Waals surface area contributed by atoms with Gasteiger partial charge < -0.3 is 19.9 Å². The zero-order valence-corrected chi connectivity index (χ0v) is 17.1. The summed E-state index contributed by atoms with van der Waals surface area (Å²) in [5.74, 6) is 1.55. The summed E-state index contributed by atoms with van der Waals surface area (Å²) in [5, 5.41) is 3.01. The molecule has 0 aromatic heterocycles. The minimum atomic E-state index is -0.0152. The molecule has 2 aliphatic rings. The lowest BCUT2D eigenvalue weighted by atomic mass is 10.0. The zero-order valence-electron chi connectivity index (χ0n) is 17.1. The highest BCUT2D eigenvalue weighted by molar-refractivity contribution is 5.89. The van der Waals surface area contributed by atoms with Crippen molar-refractivity contribution < 1.29 is 9.53 Å². The fourth-order valence-electron chi connectivity index (χ4n) is 4.05. The molecule has 29 heavy (non-hydrogen) atoms. The van der Waals surface area contributed by atoms with Crippen molar-refractivity contribution >= 4 is 11.7 Å². The molecular weight excluding hydrogens is 364 g/mol. The topological polar surface area (TPSA) is 48.0 Å². The van der Waals surface area contributed by atoms with Gasteiger partial charge in [0.15, 0.2) is 0 Å². The van der Waals surface area contributed by atoms with E-state index in [-0.39, 0.29) is 6.03 Å². The van der Waals surface area contributed by atoms with Crippen LogP contribution in [-0.4, -0.2) is 73.1 Å². The van der Waals surface area contributed by atoms with Crippen molar-refractivity contribution in [2.24, 2.45) is 0 Å². The lowest BCUT2D eigenvalue weighted by Gasteiger charge is -2.42. The third-order valence-electron chi connectivity index (χ3n) is 5.89. The van der Waals surface area contributed by atoms with Gasteiger partial charge in [0.25, 0.3) is 0 Å². The molecule has 2 amide bonds. The van der Waals surface area contributed by atoms with E-state index in [9.17, 15) is 4.79 Å². The smallest absolute Gasteiger partial charge is 0.321 e. The molecule has 2 aromatic carbocycles. The third-order valence-corrected chi connectivity index (χ3v) is 5.89. The van der Waals surface area contributed by atoms with Gasteiger partial charge in [-0.25, -0.2) is 4.79 Å². The number of anilines is 1. The number of nitrogens with one attached hydrogen (secondary N) is 1. The molecule has 0 saturated carbocycles. The first-order valence-electron chi connectivity index (χ1n) is 10.5. The molecule has 2 heterocycles. The van der Waals surface area contributed by atoms with Crippen molar-refractivity contribution in [1.29, 1.82) is 0 Å². The molecule has 2 saturated heterocycles. The van der Waals surface area contributed by atoms with E-state index in [4.69, 9.17) is 4.74 Å². The largest absolute Gasteiger partial charge is 0.457 e. The first kappa shape index (κ1) is 19.7. The molecule has 2 aliphatic heterocycles. The Hall–Kier alpha value is -2.57. The number of likely N-dealkylation sites (N-methyl/N-ethyl adjacent to an activating group) is 1. The minimum Gasteiger partial charge on any atom is -0.457 e. The standard InChI is InChI=1S/C23H30N4O2/c1-25-15-17-26(18-16-25)20-11-13-27(14-12-20)23(28)24-19-7-9-22(10-8-19)29-21-5-3-2-4-6-21/h2-10,20H,11-18H2,1H3,(H,24,28). The van der Waals surface area contributed by atoms with Crippen LogP contribution < -0.4 is 10.1 Å². The Bertz CT molecular complexity index is 780. The summed E-state index contributed by atoms with van der Waals surface area (Å²) < 4.78 is 5.80. The predicted molar refractivity (Wildman–Crippen MR) is 116 cm³/mol. The number of amides is 2. The van der Waals surface area contributed by atoms with E-state index < -0.39 is 0 Å². The van der Waals surface area contributed by atoms with Gasteiger partial charge in [-0.3, -0.25) is 4.90 Å². The first-order chi connectivity index (χ1) is 14.2. The minimum absolute atomic E-state index is 0.0152. The highest BCUT2D eigenvalue weighted by atomic mass is 16.5. The molecule has 6 heteroatoms. The summed E-state index contributed by atoms with van der Waals surface area (Å²) in [6.07, 6.45) is 2.11. The van der Waals surface area contributed by atoms with Crippen LogP contribution in [0.1, 0.15) is 12.8 Å². The molecule has 0 atom stereocenters. The second-order valence-electron chi connectivity index (χ2n) is 7.93. The molecule has 2 aromatic rings. The number of urea groups is 1. The van der Waals surface area contributed by atoms with Gasteiger partial charge in [-0.05, 0) is 56.3 Å². The number of para-hydroxylation sites is 1. The van der Waals surface area contributed by atoms with Crippen molar-refractivity contribution in [2.75, 3.05) is 51.6 Å². The van der Waals surface area contributed by atoms with Crippen LogP contribution in [-0.2, 0) is 0 Å². The van der Waals surface area contributed by atoms with E-state index in [1.807, 2.05) is 59.5 Å². The third kappa shape index (κ3) is 5.28. The van der Waals surface area contributed by atoms with E-state index in [1.165, 1.54) is 0 Å². The van der Waals surface area contributed by atoms with Gasteiger partial charge in [-0.1, -0.05) is 18.2 Å². The van der Waals surface area contributed by atoms with Crippen LogP contribution in [0.25, 0.3) is 0 Å². The molecule has 0 spiro atoms. The number of hydrogen-bond acceptors (Lipinski definition) is 4. The fourth-order valence-corrected chi connectivity index (χ4v) is 4.05. The monoisotopic (exact) mass is 394 g/mol. The Kier molecular flexibility index (Phi) is 6.32. The van der Waals surface area contributed by atoms with Gasteiger partial charge in [0.05, 0.1) is 0 Å². The summed E-state index contributed by atoms with van der Waals surface area (Å²) in [6, 6.07) is 17.8. The molecule has 2 fully saturated rings. The first-order valence-corrected chi connectivity index (χ1v) is 10.5. The Morgan fingerprint density at radius 1 is 0.862 bits per heavy atom. The number of piperazine rings is 1. The van der Waals surface area contributed by atoms with Crippen molar-refractivity contribution in [2.45, 2.75) is 18.9 Å². The number of benzene rings is 2. The maximum Gasteiger partial charge on any atom is 0.321 e. The lowest BCUT2D eigenvalue weighted by Crippen LogP contribution is -2.53. The molecule has 0 radical (unpaired) electrons. The number of carbonyl (C=O) groups excluding carboxylic acids is 1. The van der Waals surface area contributed by atoms with E-state index in [0.29, 0.717) is 6.04 Å². The van der Waals surface area contributed by atoms with Gasteiger partial charge >= 0.3 is 6.03 Å². The van der Waals surface area contributed by atoms with Gasteiger partial charge in [-0.15, -0.1) is 0 Å². The summed E-state index contributed by atoms with van der Waals surface area (Å²) >= 11 is 0. The molecule has 6 nitrogen and oxygen atoms in total. The number of likely N-dealkylation sites (tertiary alicyclic amines) is 1. The van der Waals surface area contributed by atoms with Gasteiger partial charge in [0, 0.05) is 51.0 Å². The highest BCUT2D eigenvalue weighted by Crippen LogP contribution is 2.23. The predicted octanol–water partition coefficient (Wildman–Crippen LogP) is 3.72. The number of carbonyl (C=O) groups is 1. The van der Waals surface area contributed by atoms with Crippen LogP contribution in [0.3, 0.4) is 0 Å². The maximum atomic E-state index is 12.6. The van der Waals surface area contributed by atoms with Crippen LogP contribution >= 0.6 is 0 Å². The van der Waals surface area contributed by atoms with Crippen LogP contribution in [0.4, 0.5) is 10.5 Å². The van der Waals surface area contributed by atoms with Crippen molar-refractivity contribution in [3.8, 4) is 11.5 Å². The van der Waals surface area contributed by atoms with Crippen molar-refractivity contribution in [3.05, 3.63) is 54.6 Å². The van der Waals surface area contributed by atoms with E-state index in [1.54, 1.807) is 0 Å². The van der Waals surface area contributed by atoms with E-state index in [2.05, 4.69) is 22.2 Å². The molecule has 0 unspecified atom stereocenters. The van der Waals surface area contributed by atoms with E-state index in [0.717, 1.165) is 69.3 Å². The van der Waals surface area contributed by atoms with E-state index >= 15 is 0 Å². The highest BCUT2D eigenvalue weighted by Gasteiger charge is 2.28. The lowest BCUT2D eigenvalue weighted by molar-refractivity contribution is 0.0765. The van der Waals surface area contributed by atoms with Crippen LogP contribution in [0.5, 0.6) is 11.5 Å². The molecular formula is C23H30N4O2. The van der Waals surface area contributed by atoms with Crippen LogP contribution in [0, 0.1) is 0 Å². The normalized spacial score (nSPS) is 19.1. The Balaban J connectivity index is 1.24. The molecule has 154 valence electrons. The summed E-state index contributed by atoms with van der Waals surface area (Å²) in [6.45, 7) is 6.21. The fraction of sp³-hybridized carbons (Fsp3) is 0.435. The number of piperidine rings is 1. The van der Waals surface area contributed by atoms with Crippen LogP contribution in [0.15, 0.2) is 54.6 Å². The Morgan fingerprint density at radius 3 is 2.14 bits per heavy atom. The quantitative estimate of drug-likeness (QED) is 0.859. The number of hydrogen-bond donors (Lipinski definition) is 1. The van der Waals surface area contributed by atoms with Crippen molar-refractivity contribution in [3.63, 3.8) is 0 Å².